The van der Waals surface area contributed by atoms with Gasteiger partial charge in [0.05, 0.1) is 25.0 Å². The summed E-state index contributed by atoms with van der Waals surface area (Å²) in [4.78, 5) is 25.3. The van der Waals surface area contributed by atoms with E-state index in [0.717, 1.165) is 36.4 Å². The number of rotatable bonds is 4. The summed E-state index contributed by atoms with van der Waals surface area (Å²) in [5.74, 6) is 1.49. The second kappa shape index (κ2) is 6.64. The van der Waals surface area contributed by atoms with E-state index in [9.17, 15) is 13.2 Å². The summed E-state index contributed by atoms with van der Waals surface area (Å²) in [6, 6.07) is 0. The molecule has 0 radical (unpaired) electrons. The predicted octanol–water partition coefficient (Wildman–Crippen LogP) is -0.181. The van der Waals surface area contributed by atoms with Crippen molar-refractivity contribution in [3.63, 3.8) is 0 Å². The van der Waals surface area contributed by atoms with E-state index in [2.05, 4.69) is 19.6 Å². The van der Waals surface area contributed by atoms with E-state index < -0.39 is 10.0 Å². The summed E-state index contributed by atoms with van der Waals surface area (Å²) in [5, 5.41) is 0. The highest BCUT2D eigenvalue weighted by molar-refractivity contribution is 7.88. The van der Waals surface area contributed by atoms with Gasteiger partial charge in [0.15, 0.2) is 0 Å². The van der Waals surface area contributed by atoms with Crippen molar-refractivity contribution in [3.05, 3.63) is 17.1 Å². The van der Waals surface area contributed by atoms with E-state index in [1.807, 2.05) is 6.92 Å². The quantitative estimate of drug-likeness (QED) is 0.807. The van der Waals surface area contributed by atoms with Crippen LogP contribution in [0.4, 0.5) is 5.82 Å². The van der Waals surface area contributed by atoms with Gasteiger partial charge < -0.3 is 9.80 Å². The van der Waals surface area contributed by atoms with Crippen molar-refractivity contribution in [2.45, 2.75) is 32.7 Å². The molecular formula is C15H23N5O3S. The first-order chi connectivity index (χ1) is 11.3. The summed E-state index contributed by atoms with van der Waals surface area (Å²) in [6.45, 7) is 4.66. The topological polar surface area (TPSA) is 95.5 Å². The number of nitrogens with one attached hydrogen (secondary N) is 1. The first kappa shape index (κ1) is 17.1. The van der Waals surface area contributed by atoms with Crippen LogP contribution in [0.1, 0.15) is 29.9 Å². The molecule has 8 nitrogen and oxygen atoms in total. The molecule has 0 saturated carbocycles. The molecule has 1 fully saturated rings. The average Bonchev–Trinajstić information content (AvgIpc) is 3.04. The Morgan fingerprint density at radius 2 is 1.92 bits per heavy atom. The summed E-state index contributed by atoms with van der Waals surface area (Å²) < 4.78 is 24.5. The molecule has 2 aliphatic rings. The van der Waals surface area contributed by atoms with Crippen molar-refractivity contribution in [2.75, 3.05) is 37.3 Å². The van der Waals surface area contributed by atoms with Gasteiger partial charge >= 0.3 is 0 Å². The van der Waals surface area contributed by atoms with Crippen molar-refractivity contribution in [1.82, 2.24) is 19.6 Å². The highest BCUT2D eigenvalue weighted by Gasteiger charge is 2.27. The number of sulfonamides is 1. The normalized spacial score (nSPS) is 17.9. The molecule has 24 heavy (non-hydrogen) atoms. The van der Waals surface area contributed by atoms with Gasteiger partial charge in [0.2, 0.25) is 15.9 Å². The fraction of sp³-hybridized carbons (Fsp3) is 0.667. The van der Waals surface area contributed by atoms with Crippen LogP contribution in [0.3, 0.4) is 0 Å². The standard InChI is InChI=1S/C15H23N5O3S/c1-11-17-13-10-20(14(21)9-16-24(2,22)23)8-5-12(13)15(18-11)19-6-3-4-7-19/h16H,3-10H2,1-2H3. The first-order valence-electron chi connectivity index (χ1n) is 8.17. The molecule has 0 spiro atoms. The molecule has 0 aromatic carbocycles. The second-order valence-corrected chi connectivity index (χ2v) is 8.21. The number of nitrogens with zero attached hydrogens (tertiary/aromatic N) is 4. The van der Waals surface area contributed by atoms with Gasteiger partial charge in [-0.3, -0.25) is 4.79 Å². The number of fused-ring (bicyclic) bond motifs is 1. The number of carbonyl (C=O) groups is 1. The van der Waals surface area contributed by atoms with E-state index in [1.54, 1.807) is 4.90 Å². The van der Waals surface area contributed by atoms with Crippen LogP contribution < -0.4 is 9.62 Å². The molecule has 2 aliphatic heterocycles. The van der Waals surface area contributed by atoms with Crippen molar-refractivity contribution in [1.29, 1.82) is 0 Å². The molecule has 0 atom stereocenters. The number of anilines is 1. The molecule has 0 aliphatic carbocycles. The van der Waals surface area contributed by atoms with Crippen LogP contribution in [-0.4, -0.2) is 61.6 Å². The van der Waals surface area contributed by atoms with Gasteiger partial charge in [-0.05, 0) is 26.2 Å². The number of hydrogen-bond donors (Lipinski definition) is 1. The lowest BCUT2D eigenvalue weighted by Gasteiger charge is -2.31. The lowest BCUT2D eigenvalue weighted by atomic mass is 10.0. The smallest absolute Gasteiger partial charge is 0.237 e. The SMILES string of the molecule is Cc1nc2c(c(N3CCCC3)n1)CCN(C(=O)CNS(C)(=O)=O)C2. The maximum Gasteiger partial charge on any atom is 0.237 e. The Balaban J connectivity index is 1.77. The fourth-order valence-electron chi connectivity index (χ4n) is 3.24. The summed E-state index contributed by atoms with van der Waals surface area (Å²) in [7, 11) is -3.37. The highest BCUT2D eigenvalue weighted by atomic mass is 32.2. The lowest BCUT2D eigenvalue weighted by Crippen LogP contribution is -2.43. The number of carbonyl (C=O) groups excluding carboxylic acids is 1. The van der Waals surface area contributed by atoms with Gasteiger partial charge in [0.25, 0.3) is 0 Å². The number of aryl methyl sites for hydroxylation is 1. The van der Waals surface area contributed by atoms with Crippen LogP contribution in [0.2, 0.25) is 0 Å². The Kier molecular flexibility index (Phi) is 4.73. The van der Waals surface area contributed by atoms with Gasteiger partial charge in [0.1, 0.15) is 11.6 Å². The summed E-state index contributed by atoms with van der Waals surface area (Å²) in [5.41, 5.74) is 2.01. The van der Waals surface area contributed by atoms with Gasteiger partial charge in [-0.25, -0.2) is 23.1 Å². The number of amides is 1. The van der Waals surface area contributed by atoms with Crippen molar-refractivity contribution < 1.29 is 13.2 Å². The van der Waals surface area contributed by atoms with Crippen molar-refractivity contribution in [2.24, 2.45) is 0 Å². The molecule has 3 heterocycles. The van der Waals surface area contributed by atoms with E-state index in [1.165, 1.54) is 12.8 Å². The maximum atomic E-state index is 12.2. The number of hydrogen-bond acceptors (Lipinski definition) is 6. The van der Waals surface area contributed by atoms with Crippen LogP contribution in [0, 0.1) is 6.92 Å². The Labute approximate surface area is 142 Å². The molecule has 1 amide bonds. The van der Waals surface area contributed by atoms with E-state index in [0.29, 0.717) is 25.3 Å². The minimum absolute atomic E-state index is 0.211. The third-order valence-electron chi connectivity index (χ3n) is 4.40. The third-order valence-corrected chi connectivity index (χ3v) is 5.07. The van der Waals surface area contributed by atoms with Gasteiger partial charge in [-0.15, -0.1) is 0 Å². The van der Waals surface area contributed by atoms with Crippen LogP contribution >= 0.6 is 0 Å². The van der Waals surface area contributed by atoms with Crippen molar-refractivity contribution in [3.8, 4) is 0 Å². The zero-order valence-corrected chi connectivity index (χ0v) is 14.9. The monoisotopic (exact) mass is 353 g/mol. The molecule has 132 valence electrons. The van der Waals surface area contributed by atoms with Crippen LogP contribution in [0.25, 0.3) is 0 Å². The molecule has 3 rings (SSSR count). The van der Waals surface area contributed by atoms with Crippen LogP contribution in [0.15, 0.2) is 0 Å². The minimum atomic E-state index is -3.37. The van der Waals surface area contributed by atoms with Crippen molar-refractivity contribution >= 4 is 21.7 Å². The minimum Gasteiger partial charge on any atom is -0.356 e. The summed E-state index contributed by atoms with van der Waals surface area (Å²) in [6.07, 6.45) is 4.11. The highest BCUT2D eigenvalue weighted by Crippen LogP contribution is 2.28. The predicted molar refractivity (Wildman–Crippen MR) is 90.2 cm³/mol. The molecular weight excluding hydrogens is 330 g/mol. The van der Waals surface area contributed by atoms with Crippen LogP contribution in [-0.2, 0) is 27.8 Å². The molecule has 1 aromatic rings. The van der Waals surface area contributed by atoms with E-state index in [4.69, 9.17) is 0 Å². The number of aromatic nitrogens is 2. The third kappa shape index (κ3) is 3.84. The Bertz CT molecular complexity index is 744. The lowest BCUT2D eigenvalue weighted by molar-refractivity contribution is -0.130. The van der Waals surface area contributed by atoms with E-state index in [-0.39, 0.29) is 12.5 Å². The molecule has 0 bridgehead atoms. The Morgan fingerprint density at radius 3 is 2.58 bits per heavy atom. The second-order valence-electron chi connectivity index (χ2n) is 6.37. The van der Waals surface area contributed by atoms with Gasteiger partial charge in [-0.1, -0.05) is 0 Å². The Morgan fingerprint density at radius 1 is 1.21 bits per heavy atom. The van der Waals surface area contributed by atoms with Gasteiger partial charge in [-0.2, -0.15) is 0 Å². The zero-order chi connectivity index (χ0) is 17.3. The first-order valence-corrected chi connectivity index (χ1v) is 10.1. The molecule has 1 saturated heterocycles. The van der Waals surface area contributed by atoms with Gasteiger partial charge in [0, 0.05) is 25.2 Å². The largest absolute Gasteiger partial charge is 0.356 e. The Hall–Kier alpha value is -1.74. The fourth-order valence-corrected chi connectivity index (χ4v) is 3.62. The molecule has 1 aromatic heterocycles. The van der Waals surface area contributed by atoms with E-state index >= 15 is 0 Å². The maximum absolute atomic E-state index is 12.2. The van der Waals surface area contributed by atoms with Crippen LogP contribution in [0.5, 0.6) is 0 Å². The zero-order valence-electron chi connectivity index (χ0n) is 14.1. The average molecular weight is 353 g/mol. The molecule has 0 unspecified atom stereocenters. The summed E-state index contributed by atoms with van der Waals surface area (Å²) >= 11 is 0. The molecule has 9 heteroatoms. The molecule has 1 N–H and O–H groups in total.